The van der Waals surface area contributed by atoms with Gasteiger partial charge in [-0.1, -0.05) is 125 Å². The molecule has 1 aromatic carbocycles. The second-order valence-electron chi connectivity index (χ2n) is 23.4. The van der Waals surface area contributed by atoms with Gasteiger partial charge in [-0.25, -0.2) is 4.98 Å². The molecule has 0 aliphatic carbocycles. The summed E-state index contributed by atoms with van der Waals surface area (Å²) in [5.41, 5.74) is 3.50. The first kappa shape index (κ1) is 56.1. The molecule has 2 aromatic rings. The van der Waals surface area contributed by atoms with Crippen LogP contribution in [-0.4, -0.2) is 65.1 Å². The smallest absolute Gasteiger partial charge is 0.305 e. The number of Topliss-reactive ketones (excluding diaryl/α,β-unsaturated/α-hetero) is 1. The first-order valence-electron chi connectivity index (χ1n) is 23.1. The average molecular weight is 929 g/mol. The van der Waals surface area contributed by atoms with Gasteiger partial charge in [0.15, 0.2) is 25.0 Å². The molecule has 0 aliphatic heterocycles. The van der Waals surface area contributed by atoms with E-state index in [0.29, 0.717) is 6.42 Å². The Labute approximate surface area is 386 Å². The molecule has 0 saturated carbocycles. The molecule has 0 spiro atoms. The fourth-order valence-corrected chi connectivity index (χ4v) is 11.8. The van der Waals surface area contributed by atoms with Crippen molar-refractivity contribution in [2.24, 2.45) is 17.3 Å². The Balaban J connectivity index is 2.56. The highest BCUT2D eigenvalue weighted by Gasteiger charge is 2.51. The number of benzene rings is 1. The number of hydrogen-bond donors (Lipinski definition) is 1. The average Bonchev–Trinajstić information content (AvgIpc) is 3.53. The van der Waals surface area contributed by atoms with Crippen LogP contribution in [0.25, 0.3) is 6.08 Å². The summed E-state index contributed by atoms with van der Waals surface area (Å²) in [5.74, 6) is -1.39. The van der Waals surface area contributed by atoms with E-state index in [-0.39, 0.29) is 45.4 Å². The van der Waals surface area contributed by atoms with Gasteiger partial charge in [-0.2, -0.15) is 0 Å². The van der Waals surface area contributed by atoms with Gasteiger partial charge >= 0.3 is 5.97 Å². The normalized spacial score (nSPS) is 16.8. The van der Waals surface area contributed by atoms with E-state index in [1.807, 2.05) is 39.0 Å². The van der Waals surface area contributed by atoms with Crippen molar-refractivity contribution in [2.75, 3.05) is 0 Å². The summed E-state index contributed by atoms with van der Waals surface area (Å²) < 4.78 is 21.4. The molecule has 1 heterocycles. The highest BCUT2D eigenvalue weighted by atomic mass is 32.1. The molecule has 0 saturated heterocycles. The fourth-order valence-electron chi connectivity index (χ4n) is 7.02. The number of carboxylic acid groups (broad SMARTS) is 1. The van der Waals surface area contributed by atoms with Gasteiger partial charge in [-0.15, -0.1) is 11.3 Å². The second kappa shape index (κ2) is 22.0. The SMILES string of the molecule is C/C(=C\C[C@H](O[Si](C)(C)C(C)(C)C)/C(C)=C/c1csc(C)n1)CCC[C@H](C)[C@@H](O[Si](C)(C)C(C)(C)C)[C@H](Cc1ccccc1)C(=O)C(C)(C)[C@H](CC(=O)O)O[Si](C)(C)C(C)(C)C. The molecule has 0 aliphatic rings. The lowest BCUT2D eigenvalue weighted by atomic mass is 9.70. The third-order valence-corrected chi connectivity index (χ3v) is 28.8. The van der Waals surface area contributed by atoms with E-state index in [0.717, 1.165) is 41.9 Å². The Morgan fingerprint density at radius 2 is 1.32 bits per heavy atom. The van der Waals surface area contributed by atoms with E-state index in [4.69, 9.17) is 18.3 Å². The number of aliphatic carboxylic acids is 1. The zero-order valence-corrected chi connectivity index (χ0v) is 46.9. The minimum Gasteiger partial charge on any atom is -0.481 e. The molecule has 11 heteroatoms. The molecule has 62 heavy (non-hydrogen) atoms. The maximum atomic E-state index is 15.5. The predicted molar refractivity (Wildman–Crippen MR) is 273 cm³/mol. The maximum absolute atomic E-state index is 15.5. The van der Waals surface area contributed by atoms with Crippen molar-refractivity contribution in [1.82, 2.24) is 4.98 Å². The Morgan fingerprint density at radius 1 is 0.806 bits per heavy atom. The van der Waals surface area contributed by atoms with Crippen LogP contribution in [0.2, 0.25) is 54.4 Å². The number of carbonyl (C=O) groups is 2. The summed E-state index contributed by atoms with van der Waals surface area (Å²) in [5, 5.41) is 13.2. The van der Waals surface area contributed by atoms with Gasteiger partial charge in [0.2, 0.25) is 0 Å². The number of rotatable bonds is 23. The molecule has 5 atom stereocenters. The quantitative estimate of drug-likeness (QED) is 0.0876. The number of allylic oxidation sites excluding steroid dienone is 1. The monoisotopic (exact) mass is 928 g/mol. The second-order valence-corrected chi connectivity index (χ2v) is 38.7. The van der Waals surface area contributed by atoms with Gasteiger partial charge in [-0.3, -0.25) is 9.59 Å². The lowest BCUT2D eigenvalue weighted by Crippen LogP contribution is -2.55. The third kappa shape index (κ3) is 16.2. The number of nitrogens with zero attached hydrogens (tertiary/aromatic N) is 1. The standard InChI is InChI=1S/C51H89NO6SSi3/c1-36(30-31-43(56-60(16,17)48(5,6)7)38(3)32-41-35-59-39(4)52-41)26-25-27-37(2)46(58-62(20,21)50(11,12)13)42(33-40-28-23-22-24-29-40)47(55)51(14,15)44(34-45(53)54)57-61(18,19)49(8,9)10/h22-24,28-30,32,35,37,42-44,46H,25-27,31,33-34H2,1-21H3,(H,53,54)/b36-30+,38-32+/t37-,42-,43-,44-,46+/m0/s1. The predicted octanol–water partition coefficient (Wildman–Crippen LogP) is 15.1. The summed E-state index contributed by atoms with van der Waals surface area (Å²) in [6.45, 7) is 46.1. The molecular formula is C51H89NO6SSi3. The fraction of sp³-hybridized carbons (Fsp3) is 0.706. The Bertz CT molecular complexity index is 1810. The van der Waals surface area contributed by atoms with E-state index in [9.17, 15) is 9.90 Å². The highest BCUT2D eigenvalue weighted by molar-refractivity contribution is 7.09. The summed E-state index contributed by atoms with van der Waals surface area (Å²) in [6, 6.07) is 10.2. The molecule has 0 fully saturated rings. The minimum atomic E-state index is -2.45. The topological polar surface area (TPSA) is 95.0 Å². The van der Waals surface area contributed by atoms with Gasteiger partial charge in [0, 0.05) is 16.7 Å². The molecule has 2 rings (SSSR count). The Kier molecular flexibility index (Phi) is 19.9. The number of aromatic nitrogens is 1. The van der Waals surface area contributed by atoms with Crippen LogP contribution in [0.4, 0.5) is 0 Å². The van der Waals surface area contributed by atoms with Crippen LogP contribution in [-0.2, 0) is 29.3 Å². The molecule has 0 radical (unpaired) electrons. The molecule has 1 N–H and O–H groups in total. The maximum Gasteiger partial charge on any atom is 0.305 e. The number of carbonyl (C=O) groups excluding carboxylic acids is 1. The van der Waals surface area contributed by atoms with Crippen LogP contribution in [0.15, 0.2) is 52.9 Å². The molecular weight excluding hydrogens is 839 g/mol. The van der Waals surface area contributed by atoms with Crippen molar-refractivity contribution < 1.29 is 28.0 Å². The highest BCUT2D eigenvalue weighted by Crippen LogP contribution is 2.45. The van der Waals surface area contributed by atoms with Gasteiger partial charge in [0.1, 0.15) is 5.78 Å². The molecule has 352 valence electrons. The van der Waals surface area contributed by atoms with E-state index in [1.165, 1.54) is 11.1 Å². The van der Waals surface area contributed by atoms with Crippen LogP contribution in [0.5, 0.6) is 0 Å². The largest absolute Gasteiger partial charge is 0.481 e. The van der Waals surface area contributed by atoms with E-state index >= 15 is 4.79 Å². The number of carboxylic acids is 1. The lowest BCUT2D eigenvalue weighted by Gasteiger charge is -2.47. The first-order valence-corrected chi connectivity index (χ1v) is 32.7. The Morgan fingerprint density at radius 3 is 1.81 bits per heavy atom. The van der Waals surface area contributed by atoms with Crippen molar-refractivity contribution >= 4 is 54.1 Å². The summed E-state index contributed by atoms with van der Waals surface area (Å²) in [4.78, 5) is 32.7. The van der Waals surface area contributed by atoms with Crippen LogP contribution in [0.3, 0.4) is 0 Å². The molecule has 0 bridgehead atoms. The van der Waals surface area contributed by atoms with Gasteiger partial charge in [-0.05, 0) is 130 Å². The molecule has 0 amide bonds. The summed E-state index contributed by atoms with van der Waals surface area (Å²) in [7, 11) is -6.91. The minimum absolute atomic E-state index is 0.0157. The first-order chi connectivity index (χ1) is 28.0. The van der Waals surface area contributed by atoms with Crippen molar-refractivity contribution in [3.05, 3.63) is 69.2 Å². The van der Waals surface area contributed by atoms with Crippen molar-refractivity contribution in [3.8, 4) is 0 Å². The Hall–Kier alpha value is -2.00. The lowest BCUT2D eigenvalue weighted by molar-refractivity contribution is -0.146. The van der Waals surface area contributed by atoms with Crippen LogP contribution < -0.4 is 0 Å². The van der Waals surface area contributed by atoms with Crippen LogP contribution >= 0.6 is 11.3 Å². The number of thiazole rings is 1. The molecule has 0 unspecified atom stereocenters. The van der Waals surface area contributed by atoms with E-state index in [2.05, 4.69) is 152 Å². The third-order valence-electron chi connectivity index (χ3n) is 14.5. The molecule has 7 nitrogen and oxygen atoms in total. The zero-order chi connectivity index (χ0) is 47.9. The number of aryl methyl sites for hydroxylation is 1. The van der Waals surface area contributed by atoms with Crippen molar-refractivity contribution in [2.45, 2.75) is 215 Å². The van der Waals surface area contributed by atoms with Crippen molar-refractivity contribution in [3.63, 3.8) is 0 Å². The van der Waals surface area contributed by atoms with E-state index in [1.54, 1.807) is 11.3 Å². The van der Waals surface area contributed by atoms with Gasteiger partial charge in [0.25, 0.3) is 0 Å². The van der Waals surface area contributed by atoms with E-state index < -0.39 is 48.4 Å². The number of ketones is 1. The summed E-state index contributed by atoms with van der Waals surface area (Å²) in [6.07, 6.45) is 7.21. The summed E-state index contributed by atoms with van der Waals surface area (Å²) >= 11 is 1.67. The van der Waals surface area contributed by atoms with Crippen molar-refractivity contribution in [1.29, 1.82) is 0 Å². The van der Waals surface area contributed by atoms with Crippen LogP contribution in [0, 0.1) is 24.2 Å². The zero-order valence-electron chi connectivity index (χ0n) is 43.1. The van der Waals surface area contributed by atoms with Gasteiger partial charge < -0.3 is 18.4 Å². The van der Waals surface area contributed by atoms with Crippen LogP contribution in [0.1, 0.15) is 145 Å². The number of hydrogen-bond acceptors (Lipinski definition) is 7. The van der Waals surface area contributed by atoms with Gasteiger partial charge in [0.05, 0.1) is 35.4 Å². The molecule has 1 aromatic heterocycles.